The van der Waals surface area contributed by atoms with Gasteiger partial charge in [0.2, 0.25) is 5.91 Å². The molecule has 0 aliphatic heterocycles. The fraction of sp³-hybridized carbons (Fsp3) is 0.923. The third-order valence-electron chi connectivity index (χ3n) is 4.09. The van der Waals surface area contributed by atoms with Gasteiger partial charge in [-0.25, -0.2) is 0 Å². The van der Waals surface area contributed by atoms with Crippen molar-refractivity contribution in [2.75, 3.05) is 19.7 Å². The third-order valence-corrected chi connectivity index (χ3v) is 4.09. The van der Waals surface area contributed by atoms with E-state index in [0.29, 0.717) is 25.4 Å². The SMILES string of the molecule is CCC(CCO)CNC(=O)CC1(CN)CCC1. The second-order valence-electron chi connectivity index (χ2n) is 5.33. The molecule has 0 aromatic carbocycles. The number of carbonyl (C=O) groups excluding carboxylic acids is 1. The molecule has 17 heavy (non-hydrogen) atoms. The highest BCUT2D eigenvalue weighted by molar-refractivity contribution is 5.76. The first-order valence-corrected chi connectivity index (χ1v) is 6.73. The van der Waals surface area contributed by atoms with Gasteiger partial charge in [0.25, 0.3) is 0 Å². The van der Waals surface area contributed by atoms with Crippen molar-refractivity contribution in [1.82, 2.24) is 5.32 Å². The first-order valence-electron chi connectivity index (χ1n) is 6.73. The van der Waals surface area contributed by atoms with Gasteiger partial charge in [0, 0.05) is 19.6 Å². The summed E-state index contributed by atoms with van der Waals surface area (Å²) in [6.07, 6.45) is 5.70. The number of amides is 1. The van der Waals surface area contributed by atoms with Gasteiger partial charge in [0.15, 0.2) is 0 Å². The van der Waals surface area contributed by atoms with E-state index in [-0.39, 0.29) is 17.9 Å². The number of hydrogen-bond acceptors (Lipinski definition) is 3. The lowest BCUT2D eigenvalue weighted by atomic mass is 9.66. The number of nitrogens with two attached hydrogens (primary N) is 1. The first-order chi connectivity index (χ1) is 8.15. The Bertz CT molecular complexity index is 234. The molecule has 1 saturated carbocycles. The molecule has 0 bridgehead atoms. The summed E-state index contributed by atoms with van der Waals surface area (Å²) in [4.78, 5) is 11.8. The molecule has 1 amide bonds. The summed E-state index contributed by atoms with van der Waals surface area (Å²) in [5.41, 5.74) is 5.82. The highest BCUT2D eigenvalue weighted by Gasteiger charge is 2.37. The van der Waals surface area contributed by atoms with Gasteiger partial charge in [-0.15, -0.1) is 0 Å². The van der Waals surface area contributed by atoms with Gasteiger partial charge >= 0.3 is 0 Å². The standard InChI is InChI=1S/C13H26N2O2/c1-2-11(4-7-16)9-15-12(17)8-13(10-14)5-3-6-13/h11,16H,2-10,14H2,1H3,(H,15,17). The van der Waals surface area contributed by atoms with Crippen LogP contribution in [0.5, 0.6) is 0 Å². The molecule has 1 fully saturated rings. The second-order valence-corrected chi connectivity index (χ2v) is 5.33. The number of hydrogen-bond donors (Lipinski definition) is 3. The van der Waals surface area contributed by atoms with Gasteiger partial charge < -0.3 is 16.2 Å². The molecule has 1 rings (SSSR count). The van der Waals surface area contributed by atoms with Crippen LogP contribution < -0.4 is 11.1 Å². The van der Waals surface area contributed by atoms with Crippen molar-refractivity contribution in [2.24, 2.45) is 17.1 Å². The average molecular weight is 242 g/mol. The first kappa shape index (κ1) is 14.5. The van der Waals surface area contributed by atoms with Gasteiger partial charge in [-0.2, -0.15) is 0 Å². The number of nitrogens with one attached hydrogen (secondary N) is 1. The molecule has 1 unspecified atom stereocenters. The van der Waals surface area contributed by atoms with Gasteiger partial charge in [-0.3, -0.25) is 4.79 Å². The van der Waals surface area contributed by atoms with E-state index < -0.39 is 0 Å². The number of aliphatic hydroxyl groups excluding tert-OH is 1. The molecular formula is C13H26N2O2. The zero-order valence-electron chi connectivity index (χ0n) is 10.9. The summed E-state index contributed by atoms with van der Waals surface area (Å²) in [6.45, 7) is 3.58. The van der Waals surface area contributed by atoms with Gasteiger partial charge in [0.1, 0.15) is 0 Å². The van der Waals surface area contributed by atoms with Crippen LogP contribution in [0, 0.1) is 11.3 Å². The Kier molecular flexibility index (Phi) is 5.92. The van der Waals surface area contributed by atoms with Crippen molar-refractivity contribution in [3.63, 3.8) is 0 Å². The predicted molar refractivity (Wildman–Crippen MR) is 68.4 cm³/mol. The summed E-state index contributed by atoms with van der Waals surface area (Å²) in [5.74, 6) is 0.505. The van der Waals surface area contributed by atoms with Crippen LogP contribution >= 0.6 is 0 Å². The molecule has 4 nitrogen and oxygen atoms in total. The van der Waals surface area contributed by atoms with Crippen LogP contribution in [0.3, 0.4) is 0 Å². The second kappa shape index (κ2) is 6.97. The third kappa shape index (κ3) is 4.28. The molecule has 0 aromatic rings. The van der Waals surface area contributed by atoms with Crippen LogP contribution in [0.15, 0.2) is 0 Å². The van der Waals surface area contributed by atoms with Gasteiger partial charge in [0.05, 0.1) is 0 Å². The van der Waals surface area contributed by atoms with Crippen LogP contribution in [0.4, 0.5) is 0 Å². The van der Waals surface area contributed by atoms with Crippen LogP contribution in [-0.2, 0) is 4.79 Å². The quantitative estimate of drug-likeness (QED) is 0.595. The maximum atomic E-state index is 11.8. The fourth-order valence-electron chi connectivity index (χ4n) is 2.42. The molecule has 0 radical (unpaired) electrons. The zero-order chi connectivity index (χ0) is 12.7. The minimum atomic E-state index is 0.0861. The zero-order valence-corrected chi connectivity index (χ0v) is 10.9. The highest BCUT2D eigenvalue weighted by Crippen LogP contribution is 2.42. The van der Waals surface area contributed by atoms with E-state index in [9.17, 15) is 4.79 Å². The lowest BCUT2D eigenvalue weighted by molar-refractivity contribution is -0.124. The van der Waals surface area contributed by atoms with Gasteiger partial charge in [-0.1, -0.05) is 19.8 Å². The maximum absolute atomic E-state index is 11.8. The lowest BCUT2D eigenvalue weighted by Crippen LogP contribution is -2.42. The molecule has 4 heteroatoms. The van der Waals surface area contributed by atoms with Crippen molar-refractivity contribution in [2.45, 2.75) is 45.4 Å². The molecule has 0 heterocycles. The Morgan fingerprint density at radius 2 is 2.24 bits per heavy atom. The van der Waals surface area contributed by atoms with E-state index in [0.717, 1.165) is 25.7 Å². The highest BCUT2D eigenvalue weighted by atomic mass is 16.3. The largest absolute Gasteiger partial charge is 0.396 e. The number of aliphatic hydroxyl groups is 1. The van der Waals surface area contributed by atoms with E-state index >= 15 is 0 Å². The molecule has 1 aliphatic rings. The Morgan fingerprint density at radius 1 is 1.53 bits per heavy atom. The number of rotatable bonds is 8. The fourth-order valence-corrected chi connectivity index (χ4v) is 2.42. The monoisotopic (exact) mass is 242 g/mol. The summed E-state index contributed by atoms with van der Waals surface area (Å²) >= 11 is 0. The molecule has 1 atom stereocenters. The van der Waals surface area contributed by atoms with E-state index in [4.69, 9.17) is 10.8 Å². The van der Waals surface area contributed by atoms with Gasteiger partial charge in [-0.05, 0) is 37.1 Å². The molecule has 0 aromatic heterocycles. The average Bonchev–Trinajstić information content (AvgIpc) is 2.29. The van der Waals surface area contributed by atoms with Crippen LogP contribution in [-0.4, -0.2) is 30.7 Å². The van der Waals surface area contributed by atoms with Crippen molar-refractivity contribution in [3.05, 3.63) is 0 Å². The number of carbonyl (C=O) groups is 1. The summed E-state index contributed by atoms with van der Waals surface area (Å²) in [6, 6.07) is 0. The normalized spacial score (nSPS) is 19.5. The van der Waals surface area contributed by atoms with Crippen LogP contribution in [0.25, 0.3) is 0 Å². The van der Waals surface area contributed by atoms with E-state index in [2.05, 4.69) is 12.2 Å². The van der Waals surface area contributed by atoms with E-state index in [1.165, 1.54) is 6.42 Å². The lowest BCUT2D eigenvalue weighted by Gasteiger charge is -2.40. The Balaban J connectivity index is 2.24. The molecular weight excluding hydrogens is 216 g/mol. The van der Waals surface area contributed by atoms with Crippen molar-refractivity contribution in [1.29, 1.82) is 0 Å². The van der Waals surface area contributed by atoms with Crippen molar-refractivity contribution >= 4 is 5.91 Å². The van der Waals surface area contributed by atoms with E-state index in [1.54, 1.807) is 0 Å². The molecule has 0 saturated heterocycles. The Hall–Kier alpha value is -0.610. The van der Waals surface area contributed by atoms with Crippen LogP contribution in [0.1, 0.15) is 45.4 Å². The predicted octanol–water partition coefficient (Wildman–Crippen LogP) is 1.03. The minimum Gasteiger partial charge on any atom is -0.396 e. The van der Waals surface area contributed by atoms with Crippen molar-refractivity contribution in [3.8, 4) is 0 Å². The molecule has 100 valence electrons. The smallest absolute Gasteiger partial charge is 0.220 e. The maximum Gasteiger partial charge on any atom is 0.220 e. The van der Waals surface area contributed by atoms with Crippen LogP contribution in [0.2, 0.25) is 0 Å². The Morgan fingerprint density at radius 3 is 2.65 bits per heavy atom. The molecule has 4 N–H and O–H groups in total. The summed E-state index contributed by atoms with van der Waals surface area (Å²) in [5, 5.41) is 11.8. The molecule has 1 aliphatic carbocycles. The summed E-state index contributed by atoms with van der Waals surface area (Å²) in [7, 11) is 0. The van der Waals surface area contributed by atoms with Crippen molar-refractivity contribution < 1.29 is 9.90 Å². The summed E-state index contributed by atoms with van der Waals surface area (Å²) < 4.78 is 0. The molecule has 0 spiro atoms. The Labute approximate surface area is 104 Å². The topological polar surface area (TPSA) is 75.3 Å². The minimum absolute atomic E-state index is 0.0861. The van der Waals surface area contributed by atoms with E-state index in [1.807, 2.05) is 0 Å².